The van der Waals surface area contributed by atoms with Crippen LogP contribution in [0.1, 0.15) is 31.4 Å². The number of pyridine rings is 1. The van der Waals surface area contributed by atoms with E-state index in [1.165, 1.54) is 36.8 Å². The number of nitrogens with zero attached hydrogens (tertiary/aromatic N) is 2. The Morgan fingerprint density at radius 1 is 1.25 bits per heavy atom. The van der Waals surface area contributed by atoms with Gasteiger partial charge in [-0.25, -0.2) is 0 Å². The minimum absolute atomic E-state index is 0.495. The second-order valence-electron chi connectivity index (χ2n) is 5.88. The standard InChI is InChI=1S/C17H23N3/c1-20(12-13-6-2-3-7-13)17-10-14(11-18)19-16-9-5-4-8-15(16)17/h4-5,8-10,13H,2-3,6-7,11-12,18H2,1H3. The number of para-hydroxylation sites is 1. The molecule has 1 saturated carbocycles. The van der Waals surface area contributed by atoms with Gasteiger partial charge in [0.15, 0.2) is 0 Å². The monoisotopic (exact) mass is 269 g/mol. The smallest absolute Gasteiger partial charge is 0.0726 e. The zero-order chi connectivity index (χ0) is 13.9. The van der Waals surface area contributed by atoms with Crippen LogP contribution in [-0.4, -0.2) is 18.6 Å². The van der Waals surface area contributed by atoms with Gasteiger partial charge in [0.1, 0.15) is 0 Å². The van der Waals surface area contributed by atoms with Crippen LogP contribution in [0.25, 0.3) is 10.9 Å². The highest BCUT2D eigenvalue weighted by Crippen LogP contribution is 2.30. The van der Waals surface area contributed by atoms with Crippen LogP contribution in [0.4, 0.5) is 5.69 Å². The van der Waals surface area contributed by atoms with Crippen LogP contribution >= 0.6 is 0 Å². The molecule has 2 N–H and O–H groups in total. The molecule has 2 aromatic rings. The lowest BCUT2D eigenvalue weighted by atomic mass is 10.1. The third kappa shape index (κ3) is 2.63. The third-order valence-electron chi connectivity index (χ3n) is 4.37. The highest BCUT2D eigenvalue weighted by atomic mass is 15.1. The minimum atomic E-state index is 0.495. The molecule has 1 aliphatic rings. The molecule has 106 valence electrons. The molecule has 3 nitrogen and oxygen atoms in total. The lowest BCUT2D eigenvalue weighted by Crippen LogP contribution is -2.24. The summed E-state index contributed by atoms with van der Waals surface area (Å²) in [5.41, 5.74) is 9.07. The second kappa shape index (κ2) is 5.80. The molecule has 0 saturated heterocycles. The van der Waals surface area contributed by atoms with Gasteiger partial charge >= 0.3 is 0 Å². The highest BCUT2D eigenvalue weighted by molar-refractivity contribution is 5.91. The van der Waals surface area contributed by atoms with Gasteiger partial charge in [-0.15, -0.1) is 0 Å². The summed E-state index contributed by atoms with van der Waals surface area (Å²) in [6.07, 6.45) is 5.53. The SMILES string of the molecule is CN(CC1CCCC1)c1cc(CN)nc2ccccc12. The Balaban J connectivity index is 1.95. The Bertz CT molecular complexity index is 588. The van der Waals surface area contributed by atoms with Crippen LogP contribution in [0.3, 0.4) is 0 Å². The van der Waals surface area contributed by atoms with E-state index in [4.69, 9.17) is 5.73 Å². The van der Waals surface area contributed by atoms with Gasteiger partial charge in [0, 0.05) is 31.2 Å². The van der Waals surface area contributed by atoms with Gasteiger partial charge in [-0.3, -0.25) is 4.98 Å². The number of hydrogen-bond donors (Lipinski definition) is 1. The maximum absolute atomic E-state index is 5.79. The molecule has 0 aliphatic heterocycles. The Hall–Kier alpha value is -1.61. The predicted molar refractivity (Wildman–Crippen MR) is 84.9 cm³/mol. The van der Waals surface area contributed by atoms with Gasteiger partial charge < -0.3 is 10.6 Å². The molecule has 0 amide bonds. The molecule has 3 heteroatoms. The summed E-state index contributed by atoms with van der Waals surface area (Å²) in [6, 6.07) is 10.5. The predicted octanol–water partition coefficient (Wildman–Crippen LogP) is 3.32. The van der Waals surface area contributed by atoms with Crippen LogP contribution in [0.15, 0.2) is 30.3 Å². The molecule has 0 bridgehead atoms. The summed E-state index contributed by atoms with van der Waals surface area (Å²) in [5, 5.41) is 1.23. The summed E-state index contributed by atoms with van der Waals surface area (Å²) >= 11 is 0. The fourth-order valence-electron chi connectivity index (χ4n) is 3.31. The van der Waals surface area contributed by atoms with Crippen LogP contribution in [0, 0.1) is 5.92 Å². The first-order valence-corrected chi connectivity index (χ1v) is 7.58. The van der Waals surface area contributed by atoms with E-state index in [0.29, 0.717) is 6.54 Å². The van der Waals surface area contributed by atoms with Crippen LogP contribution < -0.4 is 10.6 Å². The fraction of sp³-hybridized carbons (Fsp3) is 0.471. The largest absolute Gasteiger partial charge is 0.374 e. The van der Waals surface area contributed by atoms with E-state index in [2.05, 4.69) is 41.2 Å². The summed E-state index contributed by atoms with van der Waals surface area (Å²) < 4.78 is 0. The van der Waals surface area contributed by atoms with E-state index in [9.17, 15) is 0 Å². The first kappa shape index (κ1) is 13.4. The Kier molecular flexibility index (Phi) is 3.88. The van der Waals surface area contributed by atoms with Crippen molar-refractivity contribution in [2.75, 3.05) is 18.5 Å². The normalized spacial score (nSPS) is 15.9. The zero-order valence-electron chi connectivity index (χ0n) is 12.2. The first-order chi connectivity index (χ1) is 9.78. The molecule has 1 aromatic carbocycles. The average Bonchev–Trinajstić information content (AvgIpc) is 2.98. The zero-order valence-corrected chi connectivity index (χ0v) is 12.2. The van der Waals surface area contributed by atoms with Crippen molar-refractivity contribution >= 4 is 16.6 Å². The molecule has 1 aromatic heterocycles. The van der Waals surface area contributed by atoms with Crippen LogP contribution in [-0.2, 0) is 6.54 Å². The molecular weight excluding hydrogens is 246 g/mol. The Morgan fingerprint density at radius 2 is 2.00 bits per heavy atom. The Labute approximate surface area is 120 Å². The van der Waals surface area contributed by atoms with E-state index < -0.39 is 0 Å². The lowest BCUT2D eigenvalue weighted by Gasteiger charge is -2.25. The molecule has 3 rings (SSSR count). The van der Waals surface area contributed by atoms with E-state index in [1.54, 1.807) is 0 Å². The van der Waals surface area contributed by atoms with Crippen LogP contribution in [0.5, 0.6) is 0 Å². The summed E-state index contributed by atoms with van der Waals surface area (Å²) in [7, 11) is 2.19. The molecule has 0 radical (unpaired) electrons. The maximum atomic E-state index is 5.79. The quantitative estimate of drug-likeness (QED) is 0.926. The molecule has 1 heterocycles. The molecule has 1 fully saturated rings. The molecule has 0 unspecified atom stereocenters. The lowest BCUT2D eigenvalue weighted by molar-refractivity contribution is 0.547. The first-order valence-electron chi connectivity index (χ1n) is 7.58. The number of rotatable bonds is 4. The van der Waals surface area contributed by atoms with Gasteiger partial charge in [0.05, 0.1) is 11.2 Å². The van der Waals surface area contributed by atoms with Crippen LogP contribution in [0.2, 0.25) is 0 Å². The van der Waals surface area contributed by atoms with Crippen molar-refractivity contribution in [3.05, 3.63) is 36.0 Å². The van der Waals surface area contributed by atoms with Gasteiger partial charge in [-0.2, -0.15) is 0 Å². The third-order valence-corrected chi connectivity index (χ3v) is 4.37. The van der Waals surface area contributed by atoms with Crippen molar-refractivity contribution in [3.63, 3.8) is 0 Å². The van der Waals surface area contributed by atoms with Crippen molar-refractivity contribution < 1.29 is 0 Å². The van der Waals surface area contributed by atoms with E-state index >= 15 is 0 Å². The van der Waals surface area contributed by atoms with Crippen molar-refractivity contribution in [1.82, 2.24) is 4.98 Å². The Morgan fingerprint density at radius 3 is 2.75 bits per heavy atom. The average molecular weight is 269 g/mol. The molecule has 0 atom stereocenters. The van der Waals surface area contributed by atoms with Gasteiger partial charge in [-0.1, -0.05) is 31.0 Å². The summed E-state index contributed by atoms with van der Waals surface area (Å²) in [5.74, 6) is 0.841. The molecular formula is C17H23N3. The molecule has 20 heavy (non-hydrogen) atoms. The minimum Gasteiger partial charge on any atom is -0.374 e. The highest BCUT2D eigenvalue weighted by Gasteiger charge is 2.18. The molecule has 1 aliphatic carbocycles. The summed E-state index contributed by atoms with van der Waals surface area (Å²) in [6.45, 7) is 1.63. The number of anilines is 1. The fourth-order valence-corrected chi connectivity index (χ4v) is 3.31. The van der Waals surface area contributed by atoms with Crippen molar-refractivity contribution in [2.45, 2.75) is 32.2 Å². The van der Waals surface area contributed by atoms with E-state index in [0.717, 1.165) is 23.7 Å². The van der Waals surface area contributed by atoms with Gasteiger partial charge in [0.2, 0.25) is 0 Å². The second-order valence-corrected chi connectivity index (χ2v) is 5.88. The number of fused-ring (bicyclic) bond motifs is 1. The number of aromatic nitrogens is 1. The van der Waals surface area contributed by atoms with E-state index in [-0.39, 0.29) is 0 Å². The number of benzene rings is 1. The number of hydrogen-bond acceptors (Lipinski definition) is 3. The maximum Gasteiger partial charge on any atom is 0.0726 e. The van der Waals surface area contributed by atoms with Gasteiger partial charge in [-0.05, 0) is 30.9 Å². The van der Waals surface area contributed by atoms with Crippen molar-refractivity contribution in [3.8, 4) is 0 Å². The summed E-state index contributed by atoms with van der Waals surface area (Å²) in [4.78, 5) is 7.00. The number of nitrogens with two attached hydrogens (primary N) is 1. The van der Waals surface area contributed by atoms with Crippen molar-refractivity contribution in [1.29, 1.82) is 0 Å². The molecule has 0 spiro atoms. The van der Waals surface area contributed by atoms with Gasteiger partial charge in [0.25, 0.3) is 0 Å². The topological polar surface area (TPSA) is 42.1 Å². The van der Waals surface area contributed by atoms with E-state index in [1.807, 2.05) is 6.07 Å². The van der Waals surface area contributed by atoms with Crippen molar-refractivity contribution in [2.24, 2.45) is 11.7 Å².